The molecule has 3 aromatic heterocycles. The molecule has 194 valence electrons. The maximum Gasteiger partial charge on any atom is 0.229 e. The SMILES string of the molecule is Cc1cc(Nc2nc(Nc3cc(C)c(C4CCN(Cc5c(C)noc5C)CC4)cc3F)ncc2Cl)n[nH]1. The third-order valence-electron chi connectivity index (χ3n) is 6.89. The fraction of sp³-hybridized carbons (Fsp3) is 0.385. The molecule has 9 nitrogen and oxygen atoms in total. The number of aromatic amines is 1. The number of hydrogen-bond acceptors (Lipinski definition) is 8. The summed E-state index contributed by atoms with van der Waals surface area (Å²) in [4.78, 5) is 11.0. The molecule has 0 spiro atoms. The Labute approximate surface area is 219 Å². The van der Waals surface area contributed by atoms with Crippen molar-refractivity contribution < 1.29 is 8.91 Å². The highest BCUT2D eigenvalue weighted by Gasteiger charge is 2.24. The van der Waals surface area contributed by atoms with E-state index in [1.54, 1.807) is 6.07 Å². The van der Waals surface area contributed by atoms with Crippen LogP contribution in [0, 0.1) is 33.5 Å². The molecular formula is C26H30ClFN8O. The highest BCUT2D eigenvalue weighted by atomic mass is 35.5. The largest absolute Gasteiger partial charge is 0.361 e. The molecule has 11 heteroatoms. The number of nitrogens with zero attached hydrogens (tertiary/aromatic N) is 5. The molecule has 1 aromatic carbocycles. The smallest absolute Gasteiger partial charge is 0.229 e. The molecule has 0 bridgehead atoms. The lowest BCUT2D eigenvalue weighted by atomic mass is 9.86. The van der Waals surface area contributed by atoms with Crippen molar-refractivity contribution in [3.63, 3.8) is 0 Å². The number of nitrogens with one attached hydrogen (secondary N) is 3. The normalized spacial score (nSPS) is 14.8. The van der Waals surface area contributed by atoms with E-state index in [2.05, 4.69) is 40.9 Å². The molecule has 3 N–H and O–H groups in total. The molecule has 4 heterocycles. The van der Waals surface area contributed by atoms with Crippen LogP contribution >= 0.6 is 11.6 Å². The van der Waals surface area contributed by atoms with Crippen molar-refractivity contribution in [2.24, 2.45) is 0 Å². The van der Waals surface area contributed by atoms with Gasteiger partial charge in [-0.05, 0) is 82.8 Å². The third-order valence-corrected chi connectivity index (χ3v) is 7.17. The van der Waals surface area contributed by atoms with Gasteiger partial charge in [-0.25, -0.2) is 9.37 Å². The van der Waals surface area contributed by atoms with Gasteiger partial charge in [0.2, 0.25) is 5.95 Å². The van der Waals surface area contributed by atoms with E-state index in [4.69, 9.17) is 16.1 Å². The van der Waals surface area contributed by atoms with E-state index in [1.807, 2.05) is 39.8 Å². The molecule has 1 aliphatic rings. The van der Waals surface area contributed by atoms with Gasteiger partial charge < -0.3 is 15.2 Å². The summed E-state index contributed by atoms with van der Waals surface area (Å²) in [7, 11) is 0. The van der Waals surface area contributed by atoms with E-state index in [0.29, 0.717) is 28.3 Å². The van der Waals surface area contributed by atoms with Gasteiger partial charge in [-0.15, -0.1) is 0 Å². The van der Waals surface area contributed by atoms with E-state index in [9.17, 15) is 0 Å². The van der Waals surface area contributed by atoms with Crippen LogP contribution in [-0.4, -0.2) is 43.3 Å². The van der Waals surface area contributed by atoms with E-state index in [1.165, 1.54) is 11.8 Å². The number of hydrogen-bond donors (Lipinski definition) is 3. The van der Waals surface area contributed by atoms with Gasteiger partial charge in [-0.2, -0.15) is 10.1 Å². The summed E-state index contributed by atoms with van der Waals surface area (Å²) in [5, 5.41) is 17.4. The molecule has 37 heavy (non-hydrogen) atoms. The van der Waals surface area contributed by atoms with Gasteiger partial charge in [-0.1, -0.05) is 16.8 Å². The number of benzene rings is 1. The molecule has 1 saturated heterocycles. The molecule has 0 saturated carbocycles. The van der Waals surface area contributed by atoms with Crippen molar-refractivity contribution in [2.45, 2.75) is 53.0 Å². The van der Waals surface area contributed by atoms with Gasteiger partial charge in [0.15, 0.2) is 11.6 Å². The molecular weight excluding hydrogens is 495 g/mol. The topological polar surface area (TPSA) is 108 Å². The number of aromatic nitrogens is 5. The van der Waals surface area contributed by atoms with Crippen LogP contribution in [0.4, 0.5) is 27.7 Å². The average molecular weight is 525 g/mol. The Morgan fingerprint density at radius 1 is 1.14 bits per heavy atom. The maximum absolute atomic E-state index is 15.2. The van der Waals surface area contributed by atoms with Gasteiger partial charge in [0.1, 0.15) is 16.6 Å². The maximum atomic E-state index is 15.2. The fourth-order valence-electron chi connectivity index (χ4n) is 4.82. The molecule has 0 radical (unpaired) electrons. The zero-order chi connectivity index (χ0) is 26.1. The summed E-state index contributed by atoms with van der Waals surface area (Å²) >= 11 is 6.25. The van der Waals surface area contributed by atoms with Crippen molar-refractivity contribution >= 4 is 34.9 Å². The molecule has 4 aromatic rings. The van der Waals surface area contributed by atoms with Crippen molar-refractivity contribution in [1.29, 1.82) is 0 Å². The van der Waals surface area contributed by atoms with Crippen molar-refractivity contribution in [3.05, 3.63) is 69.1 Å². The molecule has 1 fully saturated rings. The predicted octanol–water partition coefficient (Wildman–Crippen LogP) is 6.08. The quantitative estimate of drug-likeness (QED) is 0.267. The minimum atomic E-state index is -0.338. The van der Waals surface area contributed by atoms with Crippen molar-refractivity contribution in [1.82, 2.24) is 30.2 Å². The second-order valence-corrected chi connectivity index (χ2v) is 10.0. The van der Waals surface area contributed by atoms with Gasteiger partial charge in [-0.3, -0.25) is 10.00 Å². The first-order chi connectivity index (χ1) is 17.8. The highest BCUT2D eigenvalue weighted by molar-refractivity contribution is 6.32. The van der Waals surface area contributed by atoms with Gasteiger partial charge >= 0.3 is 0 Å². The standard InChI is InChI=1S/C26H30ClFN8O/c1-14-9-23(30-26-29-12-21(27)25(32-26)31-24-10-15(2)33-34-24)22(28)11-19(14)18-5-7-36(8-6-18)13-20-16(3)35-37-17(20)4/h9-12,18H,5-8,13H2,1-4H3,(H3,29,30,31,32,33,34). The number of halogens is 2. The number of aryl methyl sites for hydroxylation is 4. The Kier molecular flexibility index (Phi) is 7.12. The van der Waals surface area contributed by atoms with Crippen LogP contribution in [0.25, 0.3) is 0 Å². The third kappa shape index (κ3) is 5.60. The van der Waals surface area contributed by atoms with Crippen LogP contribution in [0.1, 0.15) is 52.6 Å². The molecule has 0 amide bonds. The summed E-state index contributed by atoms with van der Waals surface area (Å²) in [6.07, 6.45) is 3.41. The first-order valence-electron chi connectivity index (χ1n) is 12.3. The Hall–Kier alpha value is -3.50. The fourth-order valence-corrected chi connectivity index (χ4v) is 4.96. The van der Waals surface area contributed by atoms with Gasteiger partial charge in [0.05, 0.1) is 17.6 Å². The lowest BCUT2D eigenvalue weighted by Gasteiger charge is -2.33. The lowest BCUT2D eigenvalue weighted by molar-refractivity contribution is 0.203. The summed E-state index contributed by atoms with van der Waals surface area (Å²) in [5.74, 6) is 2.04. The van der Waals surface area contributed by atoms with E-state index >= 15 is 4.39 Å². The van der Waals surface area contributed by atoms with Crippen LogP contribution in [0.15, 0.2) is 28.9 Å². The minimum absolute atomic E-state index is 0.234. The zero-order valence-electron chi connectivity index (χ0n) is 21.3. The van der Waals surface area contributed by atoms with Gasteiger partial charge in [0, 0.05) is 23.9 Å². The van der Waals surface area contributed by atoms with Crippen LogP contribution in [0.3, 0.4) is 0 Å². The van der Waals surface area contributed by atoms with E-state index < -0.39 is 0 Å². The lowest BCUT2D eigenvalue weighted by Crippen LogP contribution is -2.33. The van der Waals surface area contributed by atoms with Crippen LogP contribution in [-0.2, 0) is 6.54 Å². The summed E-state index contributed by atoms with van der Waals surface area (Å²) in [5.41, 5.74) is 5.42. The Balaban J connectivity index is 1.26. The Morgan fingerprint density at radius 3 is 2.59 bits per heavy atom. The number of anilines is 4. The van der Waals surface area contributed by atoms with Crippen LogP contribution in [0.5, 0.6) is 0 Å². The molecule has 0 unspecified atom stereocenters. The minimum Gasteiger partial charge on any atom is -0.361 e. The van der Waals surface area contributed by atoms with E-state index in [-0.39, 0.29) is 11.8 Å². The Morgan fingerprint density at radius 2 is 1.92 bits per heavy atom. The summed E-state index contributed by atoms with van der Waals surface area (Å²) < 4.78 is 20.5. The molecule has 0 aliphatic carbocycles. The van der Waals surface area contributed by atoms with Crippen LogP contribution in [0.2, 0.25) is 5.02 Å². The first-order valence-corrected chi connectivity index (χ1v) is 12.7. The van der Waals surface area contributed by atoms with Crippen molar-refractivity contribution in [3.8, 4) is 0 Å². The molecule has 5 rings (SSSR count). The number of piperidine rings is 1. The van der Waals surface area contributed by atoms with Gasteiger partial charge in [0.25, 0.3) is 0 Å². The number of H-pyrrole nitrogens is 1. The van der Waals surface area contributed by atoms with Crippen molar-refractivity contribution in [2.75, 3.05) is 23.7 Å². The second-order valence-electron chi connectivity index (χ2n) is 9.62. The molecule has 0 atom stereocenters. The predicted molar refractivity (Wildman–Crippen MR) is 141 cm³/mol. The first kappa shape index (κ1) is 25.2. The highest BCUT2D eigenvalue weighted by Crippen LogP contribution is 2.34. The Bertz CT molecular complexity index is 1390. The van der Waals surface area contributed by atoms with Crippen LogP contribution < -0.4 is 10.6 Å². The van der Waals surface area contributed by atoms with E-state index in [0.717, 1.165) is 60.8 Å². The monoisotopic (exact) mass is 524 g/mol. The average Bonchev–Trinajstić information content (AvgIpc) is 3.43. The summed E-state index contributed by atoms with van der Waals surface area (Å²) in [6, 6.07) is 5.30. The zero-order valence-corrected chi connectivity index (χ0v) is 22.1. The number of rotatable bonds is 7. The second kappa shape index (κ2) is 10.5. The molecule has 1 aliphatic heterocycles. The number of likely N-dealkylation sites (tertiary alicyclic amines) is 1. The summed E-state index contributed by atoms with van der Waals surface area (Å²) in [6.45, 7) is 10.6.